The number of hydrogen-bond donors (Lipinski definition) is 2. The van der Waals surface area contributed by atoms with Gasteiger partial charge in [0.2, 0.25) is 5.91 Å². The largest absolute Gasteiger partial charge is 0.352 e. The van der Waals surface area contributed by atoms with Gasteiger partial charge in [-0.15, -0.1) is 11.3 Å². The van der Waals surface area contributed by atoms with E-state index in [-0.39, 0.29) is 18.2 Å². The zero-order chi connectivity index (χ0) is 17.6. The maximum Gasteiger partial charge on any atom is 0.258 e. The van der Waals surface area contributed by atoms with E-state index in [0.29, 0.717) is 28.0 Å². The minimum absolute atomic E-state index is 0.129. The number of rotatable bonds is 6. The summed E-state index contributed by atoms with van der Waals surface area (Å²) in [7, 11) is 0. The highest BCUT2D eigenvalue weighted by Gasteiger charge is 2.11. The summed E-state index contributed by atoms with van der Waals surface area (Å²) in [6.07, 6.45) is 0.165. The molecule has 3 rings (SSSR count). The Bertz CT molecular complexity index is 860. The predicted octanol–water partition coefficient (Wildman–Crippen LogP) is 3.97. The molecule has 0 saturated carbocycles. The zero-order valence-corrected chi connectivity index (χ0v) is 15.4. The number of benzene rings is 1. The molecule has 0 bridgehead atoms. The van der Waals surface area contributed by atoms with Crippen LogP contribution in [0.3, 0.4) is 0 Å². The standard InChI is InChI=1S/C17H14ClN3O2S2/c18-13-3-1-11(2-4-13)8-19-15(22)7-14-10-25-17(20-14)21-16(23)12-5-6-24-9-12/h1-6,9-10H,7-8H2,(H,19,22)(H,20,21,23). The minimum atomic E-state index is -0.200. The lowest BCUT2D eigenvalue weighted by atomic mass is 10.2. The van der Waals surface area contributed by atoms with Crippen molar-refractivity contribution in [3.05, 3.63) is 68.3 Å². The maximum absolute atomic E-state index is 12.0. The van der Waals surface area contributed by atoms with Crippen LogP contribution in [0, 0.1) is 0 Å². The van der Waals surface area contributed by atoms with Crippen molar-refractivity contribution in [2.75, 3.05) is 5.32 Å². The Labute approximate surface area is 157 Å². The third kappa shape index (κ3) is 5.12. The number of nitrogens with one attached hydrogen (secondary N) is 2. The lowest BCUT2D eigenvalue weighted by molar-refractivity contribution is -0.120. The van der Waals surface area contributed by atoms with Crippen molar-refractivity contribution in [3.8, 4) is 0 Å². The van der Waals surface area contributed by atoms with Gasteiger partial charge in [-0.25, -0.2) is 4.98 Å². The van der Waals surface area contributed by atoms with E-state index in [1.54, 1.807) is 29.0 Å². The highest BCUT2D eigenvalue weighted by Crippen LogP contribution is 2.17. The highest BCUT2D eigenvalue weighted by atomic mass is 35.5. The van der Waals surface area contributed by atoms with Crippen LogP contribution in [0.2, 0.25) is 5.02 Å². The number of carbonyl (C=O) groups is 2. The quantitative estimate of drug-likeness (QED) is 0.667. The van der Waals surface area contributed by atoms with Crippen LogP contribution in [-0.2, 0) is 17.8 Å². The SMILES string of the molecule is O=C(Cc1csc(NC(=O)c2ccsc2)n1)NCc1ccc(Cl)cc1. The monoisotopic (exact) mass is 391 g/mol. The van der Waals surface area contributed by atoms with Crippen LogP contribution in [0.1, 0.15) is 21.6 Å². The second-order valence-corrected chi connectivity index (χ2v) is 7.26. The van der Waals surface area contributed by atoms with E-state index in [1.807, 2.05) is 17.5 Å². The fourth-order valence-corrected chi connectivity index (χ4v) is 3.51. The Morgan fingerprint density at radius 1 is 1.12 bits per heavy atom. The Balaban J connectivity index is 1.49. The molecule has 2 aromatic heterocycles. The van der Waals surface area contributed by atoms with Crippen molar-refractivity contribution in [1.29, 1.82) is 0 Å². The van der Waals surface area contributed by atoms with Gasteiger partial charge in [0.05, 0.1) is 17.7 Å². The molecule has 0 unspecified atom stereocenters. The molecular weight excluding hydrogens is 378 g/mol. The second-order valence-electron chi connectivity index (χ2n) is 5.19. The molecule has 0 radical (unpaired) electrons. The third-order valence-corrected chi connectivity index (χ3v) is 5.04. The highest BCUT2D eigenvalue weighted by molar-refractivity contribution is 7.14. The zero-order valence-electron chi connectivity index (χ0n) is 13.0. The number of hydrogen-bond acceptors (Lipinski definition) is 5. The molecule has 0 spiro atoms. The van der Waals surface area contributed by atoms with E-state index in [1.165, 1.54) is 22.7 Å². The summed E-state index contributed by atoms with van der Waals surface area (Å²) in [6.45, 7) is 0.432. The molecule has 2 amide bonds. The lowest BCUT2D eigenvalue weighted by Gasteiger charge is -2.04. The number of thiazole rings is 1. The smallest absolute Gasteiger partial charge is 0.258 e. The molecule has 0 aliphatic rings. The Kier molecular flexibility index (Phi) is 5.80. The van der Waals surface area contributed by atoms with Gasteiger partial charge in [-0.1, -0.05) is 23.7 Å². The summed E-state index contributed by atoms with van der Waals surface area (Å²) in [5, 5.41) is 12.1. The number of aromatic nitrogens is 1. The average molecular weight is 392 g/mol. The molecule has 2 heterocycles. The first kappa shape index (κ1) is 17.6. The van der Waals surface area contributed by atoms with Crippen molar-refractivity contribution < 1.29 is 9.59 Å². The summed E-state index contributed by atoms with van der Waals surface area (Å²) in [5.74, 6) is -0.328. The van der Waals surface area contributed by atoms with E-state index < -0.39 is 0 Å². The summed E-state index contributed by atoms with van der Waals surface area (Å²) < 4.78 is 0. The van der Waals surface area contributed by atoms with Crippen molar-refractivity contribution in [2.45, 2.75) is 13.0 Å². The molecule has 0 atom stereocenters. The van der Waals surface area contributed by atoms with E-state index in [9.17, 15) is 9.59 Å². The Hall–Kier alpha value is -2.22. The fraction of sp³-hybridized carbons (Fsp3) is 0.118. The van der Waals surface area contributed by atoms with Crippen LogP contribution >= 0.6 is 34.3 Å². The van der Waals surface area contributed by atoms with Gasteiger partial charge in [-0.3, -0.25) is 14.9 Å². The van der Waals surface area contributed by atoms with Crippen LogP contribution in [0.25, 0.3) is 0 Å². The molecule has 5 nitrogen and oxygen atoms in total. The summed E-state index contributed by atoms with van der Waals surface area (Å²) in [5.41, 5.74) is 2.20. The number of nitrogens with zero attached hydrogens (tertiary/aromatic N) is 1. The van der Waals surface area contributed by atoms with Crippen molar-refractivity contribution in [3.63, 3.8) is 0 Å². The first-order valence-electron chi connectivity index (χ1n) is 7.39. The van der Waals surface area contributed by atoms with Gasteiger partial charge in [0.1, 0.15) is 0 Å². The average Bonchev–Trinajstić information content (AvgIpc) is 3.26. The van der Waals surface area contributed by atoms with Crippen LogP contribution in [0.5, 0.6) is 0 Å². The van der Waals surface area contributed by atoms with Crippen LogP contribution in [0.15, 0.2) is 46.5 Å². The van der Waals surface area contributed by atoms with Crippen molar-refractivity contribution in [2.24, 2.45) is 0 Å². The van der Waals surface area contributed by atoms with Crippen LogP contribution in [0.4, 0.5) is 5.13 Å². The molecule has 0 fully saturated rings. The van der Waals surface area contributed by atoms with Crippen LogP contribution < -0.4 is 10.6 Å². The molecule has 25 heavy (non-hydrogen) atoms. The van der Waals surface area contributed by atoms with Crippen LogP contribution in [-0.4, -0.2) is 16.8 Å². The molecule has 2 N–H and O–H groups in total. The maximum atomic E-state index is 12.0. The molecule has 128 valence electrons. The molecule has 0 aliphatic heterocycles. The number of carbonyl (C=O) groups excluding carboxylic acids is 2. The van der Waals surface area contributed by atoms with E-state index in [0.717, 1.165) is 5.56 Å². The van der Waals surface area contributed by atoms with Crippen molar-refractivity contribution in [1.82, 2.24) is 10.3 Å². The van der Waals surface area contributed by atoms with E-state index in [2.05, 4.69) is 15.6 Å². The molecule has 8 heteroatoms. The van der Waals surface area contributed by atoms with E-state index >= 15 is 0 Å². The lowest BCUT2D eigenvalue weighted by Crippen LogP contribution is -2.24. The van der Waals surface area contributed by atoms with Gasteiger partial charge in [-0.2, -0.15) is 11.3 Å². The molecule has 1 aromatic carbocycles. The topological polar surface area (TPSA) is 71.1 Å². The second kappa shape index (κ2) is 8.24. The minimum Gasteiger partial charge on any atom is -0.352 e. The Morgan fingerprint density at radius 3 is 2.64 bits per heavy atom. The number of halogens is 1. The van der Waals surface area contributed by atoms with Crippen molar-refractivity contribution >= 4 is 51.2 Å². The fourth-order valence-electron chi connectivity index (χ4n) is 2.04. The third-order valence-electron chi connectivity index (χ3n) is 3.30. The van der Waals surface area contributed by atoms with Gasteiger partial charge >= 0.3 is 0 Å². The number of thiophene rings is 1. The van der Waals surface area contributed by atoms with Gasteiger partial charge in [0, 0.05) is 22.3 Å². The predicted molar refractivity (Wildman–Crippen MR) is 101 cm³/mol. The van der Waals surface area contributed by atoms with Gasteiger partial charge in [-0.05, 0) is 29.1 Å². The molecule has 0 aliphatic carbocycles. The number of amides is 2. The van der Waals surface area contributed by atoms with Gasteiger partial charge < -0.3 is 5.32 Å². The first-order chi connectivity index (χ1) is 12.1. The molecule has 0 saturated heterocycles. The van der Waals surface area contributed by atoms with E-state index in [4.69, 9.17) is 11.6 Å². The normalized spacial score (nSPS) is 10.4. The summed E-state index contributed by atoms with van der Waals surface area (Å²) >= 11 is 8.59. The molecule has 3 aromatic rings. The first-order valence-corrected chi connectivity index (χ1v) is 9.59. The summed E-state index contributed by atoms with van der Waals surface area (Å²) in [6, 6.07) is 9.05. The summed E-state index contributed by atoms with van der Waals surface area (Å²) in [4.78, 5) is 28.3. The van der Waals surface area contributed by atoms with Gasteiger partial charge in [0.25, 0.3) is 5.91 Å². The Morgan fingerprint density at radius 2 is 1.92 bits per heavy atom. The molecular formula is C17H14ClN3O2S2. The van der Waals surface area contributed by atoms with Gasteiger partial charge in [0.15, 0.2) is 5.13 Å². The number of anilines is 1.